The Bertz CT molecular complexity index is 340. The Morgan fingerprint density at radius 3 is 2.15 bits per heavy atom. The maximum atomic E-state index is 10.5. The molecule has 0 aliphatic heterocycles. The van der Waals surface area contributed by atoms with Crippen LogP contribution in [0.1, 0.15) is 13.8 Å². The number of primary amides is 1. The first-order valence-electron chi connectivity index (χ1n) is 3.26. The average molecular weight is 209 g/mol. The molecule has 0 aromatic carbocycles. The van der Waals surface area contributed by atoms with Crippen LogP contribution in [0.4, 0.5) is 0 Å². The van der Waals surface area contributed by atoms with E-state index in [0.717, 1.165) is 6.92 Å². The van der Waals surface area contributed by atoms with Gasteiger partial charge in [0.1, 0.15) is 0 Å². The van der Waals surface area contributed by atoms with Gasteiger partial charge in [-0.15, -0.1) is 0 Å². The standard InChI is InChI=1S/C6H11NO5S/c1-4(5(7)8)3-6(2,9)13(10,11)12/h3,9H,1-2H3,(H2,7,8)(H,10,11,12). The van der Waals surface area contributed by atoms with E-state index in [0.29, 0.717) is 6.08 Å². The molecule has 0 heterocycles. The largest absolute Gasteiger partial charge is 0.370 e. The quantitative estimate of drug-likeness (QED) is 0.407. The fraction of sp³-hybridized carbons (Fsp3) is 0.500. The third-order valence-corrected chi connectivity index (χ3v) is 2.56. The van der Waals surface area contributed by atoms with Crippen molar-refractivity contribution in [2.24, 2.45) is 5.73 Å². The summed E-state index contributed by atoms with van der Waals surface area (Å²) >= 11 is 0. The molecule has 0 aliphatic carbocycles. The van der Waals surface area contributed by atoms with Crippen molar-refractivity contribution in [1.29, 1.82) is 0 Å². The lowest BCUT2D eigenvalue weighted by atomic mass is 10.2. The van der Waals surface area contributed by atoms with Gasteiger partial charge in [-0.1, -0.05) is 0 Å². The van der Waals surface area contributed by atoms with Gasteiger partial charge in [0.2, 0.25) is 10.8 Å². The predicted molar refractivity (Wildman–Crippen MR) is 45.1 cm³/mol. The molecule has 1 amide bonds. The summed E-state index contributed by atoms with van der Waals surface area (Å²) in [4.78, 5) is 7.98. The van der Waals surface area contributed by atoms with Crippen molar-refractivity contribution < 1.29 is 22.9 Å². The molecule has 0 fully saturated rings. The van der Waals surface area contributed by atoms with Gasteiger partial charge in [0.05, 0.1) is 0 Å². The van der Waals surface area contributed by atoms with Gasteiger partial charge in [-0.25, -0.2) is 0 Å². The van der Waals surface area contributed by atoms with Crippen LogP contribution in [0.5, 0.6) is 0 Å². The Kier molecular flexibility index (Phi) is 3.20. The van der Waals surface area contributed by atoms with Gasteiger partial charge >= 0.3 is 0 Å². The second-order valence-electron chi connectivity index (χ2n) is 2.72. The number of rotatable bonds is 3. The van der Waals surface area contributed by atoms with Gasteiger partial charge in [0, 0.05) is 5.57 Å². The molecule has 0 bridgehead atoms. The van der Waals surface area contributed by atoms with E-state index in [-0.39, 0.29) is 5.57 Å². The molecule has 0 radical (unpaired) electrons. The molecule has 0 aliphatic rings. The van der Waals surface area contributed by atoms with E-state index in [1.165, 1.54) is 6.92 Å². The highest BCUT2D eigenvalue weighted by Gasteiger charge is 2.33. The van der Waals surface area contributed by atoms with E-state index < -0.39 is 21.0 Å². The van der Waals surface area contributed by atoms with Gasteiger partial charge in [-0.05, 0) is 19.9 Å². The van der Waals surface area contributed by atoms with Crippen LogP contribution in [0.2, 0.25) is 0 Å². The maximum Gasteiger partial charge on any atom is 0.298 e. The van der Waals surface area contributed by atoms with Crippen molar-refractivity contribution in [1.82, 2.24) is 0 Å². The SMILES string of the molecule is CC(=CC(C)(O)S(=O)(=O)O)C(N)=O. The van der Waals surface area contributed by atoms with Crippen molar-refractivity contribution >= 4 is 16.0 Å². The highest BCUT2D eigenvalue weighted by molar-refractivity contribution is 7.87. The molecular formula is C6H11NO5S. The lowest BCUT2D eigenvalue weighted by molar-refractivity contribution is -0.114. The van der Waals surface area contributed by atoms with E-state index in [2.05, 4.69) is 0 Å². The number of amides is 1. The normalized spacial score (nSPS) is 18.0. The van der Waals surface area contributed by atoms with E-state index in [4.69, 9.17) is 15.4 Å². The Hall–Kier alpha value is -0.920. The first-order chi connectivity index (χ1) is 5.58. The third kappa shape index (κ3) is 3.13. The minimum atomic E-state index is -4.66. The van der Waals surface area contributed by atoms with E-state index in [9.17, 15) is 13.2 Å². The van der Waals surface area contributed by atoms with Crippen LogP contribution in [-0.2, 0) is 14.9 Å². The van der Waals surface area contributed by atoms with E-state index in [1.54, 1.807) is 0 Å². The second kappa shape index (κ2) is 3.44. The summed E-state index contributed by atoms with van der Waals surface area (Å²) in [5.74, 6) is -0.871. The minimum Gasteiger partial charge on any atom is -0.370 e. The summed E-state index contributed by atoms with van der Waals surface area (Å²) in [7, 11) is -4.66. The van der Waals surface area contributed by atoms with E-state index >= 15 is 0 Å². The summed E-state index contributed by atoms with van der Waals surface area (Å²) in [5, 5.41) is 9.15. The van der Waals surface area contributed by atoms with Crippen molar-refractivity contribution in [3.63, 3.8) is 0 Å². The number of carbonyl (C=O) groups excluding carboxylic acids is 1. The zero-order valence-electron chi connectivity index (χ0n) is 7.18. The molecule has 0 saturated carbocycles. The molecule has 0 saturated heterocycles. The van der Waals surface area contributed by atoms with Gasteiger partial charge in [-0.2, -0.15) is 8.42 Å². The molecular weight excluding hydrogens is 198 g/mol. The molecule has 13 heavy (non-hydrogen) atoms. The number of hydrogen-bond donors (Lipinski definition) is 3. The summed E-state index contributed by atoms with van der Waals surface area (Å²) in [6.45, 7) is 2.05. The molecule has 6 nitrogen and oxygen atoms in total. The number of carbonyl (C=O) groups is 1. The lowest BCUT2D eigenvalue weighted by Crippen LogP contribution is -2.33. The van der Waals surface area contributed by atoms with Crippen LogP contribution in [0, 0.1) is 0 Å². The van der Waals surface area contributed by atoms with Gasteiger partial charge < -0.3 is 10.8 Å². The molecule has 0 aromatic rings. The monoisotopic (exact) mass is 209 g/mol. The molecule has 76 valence electrons. The number of hydrogen-bond acceptors (Lipinski definition) is 4. The smallest absolute Gasteiger partial charge is 0.298 e. The summed E-state index contributed by atoms with van der Waals surface area (Å²) in [6.07, 6.45) is 0.671. The van der Waals surface area contributed by atoms with Crippen LogP contribution in [0.15, 0.2) is 11.6 Å². The zero-order valence-corrected chi connectivity index (χ0v) is 8.00. The van der Waals surface area contributed by atoms with Gasteiger partial charge in [0.15, 0.2) is 0 Å². The summed E-state index contributed by atoms with van der Waals surface area (Å²) in [6, 6.07) is 0. The number of aliphatic hydroxyl groups is 1. The first-order valence-corrected chi connectivity index (χ1v) is 4.70. The fourth-order valence-electron chi connectivity index (χ4n) is 0.547. The second-order valence-corrected chi connectivity index (χ2v) is 4.50. The van der Waals surface area contributed by atoms with Crippen LogP contribution < -0.4 is 5.73 Å². The Morgan fingerprint density at radius 2 is 1.92 bits per heavy atom. The number of nitrogens with two attached hydrogens (primary N) is 1. The first kappa shape index (κ1) is 12.1. The predicted octanol–water partition coefficient (Wildman–Crippen LogP) is -0.986. The van der Waals surface area contributed by atoms with Crippen LogP contribution in [-0.4, -0.2) is 28.9 Å². The van der Waals surface area contributed by atoms with Crippen LogP contribution in [0.25, 0.3) is 0 Å². The Labute approximate surface area is 75.8 Å². The third-order valence-electron chi connectivity index (χ3n) is 1.40. The molecule has 7 heteroatoms. The fourth-order valence-corrected chi connectivity index (χ4v) is 0.873. The molecule has 1 unspecified atom stereocenters. The molecule has 1 atom stereocenters. The summed E-state index contributed by atoms with van der Waals surface area (Å²) < 4.78 is 29.5. The Balaban J connectivity index is 5.13. The summed E-state index contributed by atoms with van der Waals surface area (Å²) in [5.41, 5.74) is 4.64. The van der Waals surface area contributed by atoms with Crippen molar-refractivity contribution in [3.05, 3.63) is 11.6 Å². The van der Waals surface area contributed by atoms with Crippen molar-refractivity contribution in [2.75, 3.05) is 0 Å². The van der Waals surface area contributed by atoms with Gasteiger partial charge in [0.25, 0.3) is 10.1 Å². The average Bonchev–Trinajstić information content (AvgIpc) is 1.83. The molecule has 0 aromatic heterocycles. The zero-order chi connectivity index (χ0) is 10.9. The van der Waals surface area contributed by atoms with Crippen LogP contribution in [0.3, 0.4) is 0 Å². The highest BCUT2D eigenvalue weighted by Crippen LogP contribution is 2.15. The highest BCUT2D eigenvalue weighted by atomic mass is 32.2. The lowest BCUT2D eigenvalue weighted by Gasteiger charge is -2.15. The van der Waals surface area contributed by atoms with Gasteiger partial charge in [-0.3, -0.25) is 9.35 Å². The van der Waals surface area contributed by atoms with Crippen LogP contribution >= 0.6 is 0 Å². The molecule has 0 spiro atoms. The van der Waals surface area contributed by atoms with Crippen molar-refractivity contribution in [3.8, 4) is 0 Å². The minimum absolute atomic E-state index is 0.150. The Morgan fingerprint density at radius 1 is 1.54 bits per heavy atom. The molecule has 0 rings (SSSR count). The van der Waals surface area contributed by atoms with Crippen molar-refractivity contribution in [2.45, 2.75) is 18.8 Å². The topological polar surface area (TPSA) is 118 Å². The maximum absolute atomic E-state index is 10.5. The molecule has 4 N–H and O–H groups in total. The van der Waals surface area contributed by atoms with E-state index in [1.807, 2.05) is 0 Å².